The van der Waals surface area contributed by atoms with Gasteiger partial charge in [0.25, 0.3) is 0 Å². The number of rotatable bonds is 5. The van der Waals surface area contributed by atoms with E-state index in [1.54, 1.807) is 11.0 Å². The summed E-state index contributed by atoms with van der Waals surface area (Å²) in [4.78, 5) is 11.1. The van der Waals surface area contributed by atoms with Gasteiger partial charge in [0.1, 0.15) is 6.54 Å². The van der Waals surface area contributed by atoms with Gasteiger partial charge in [-0.25, -0.2) is 4.98 Å². The van der Waals surface area contributed by atoms with Gasteiger partial charge in [0, 0.05) is 27.1 Å². The maximum Gasteiger partial charge on any atom is 0.177 e. The van der Waals surface area contributed by atoms with Gasteiger partial charge in [-0.15, -0.1) is 10.2 Å². The molecular weight excluding hydrogens is 407 g/mol. The van der Waals surface area contributed by atoms with Gasteiger partial charge >= 0.3 is 0 Å². The lowest BCUT2D eigenvalue weighted by Crippen LogP contribution is -2.08. The van der Waals surface area contributed by atoms with Crippen LogP contribution < -0.4 is 0 Å². The van der Waals surface area contributed by atoms with Crippen LogP contribution in [0.4, 0.5) is 0 Å². The van der Waals surface area contributed by atoms with E-state index in [4.69, 9.17) is 33.2 Å². The van der Waals surface area contributed by atoms with Gasteiger partial charge in [0.05, 0.1) is 23.3 Å². The number of hydrogen-bond acceptors (Lipinski definition) is 5. The van der Waals surface area contributed by atoms with E-state index in [-0.39, 0.29) is 0 Å². The van der Waals surface area contributed by atoms with Crippen LogP contribution in [0.5, 0.6) is 0 Å². The van der Waals surface area contributed by atoms with Gasteiger partial charge in [-0.2, -0.15) is 4.80 Å². The summed E-state index contributed by atoms with van der Waals surface area (Å²) >= 11 is 12.1. The first-order valence-electron chi connectivity index (χ1n) is 9.31. The van der Waals surface area contributed by atoms with Crippen LogP contribution in [0, 0.1) is 0 Å². The number of halogens is 2. The first-order valence-corrected chi connectivity index (χ1v) is 10.1. The van der Waals surface area contributed by atoms with Gasteiger partial charge in [0.2, 0.25) is 0 Å². The van der Waals surface area contributed by atoms with Crippen LogP contribution in [-0.2, 0) is 6.54 Å². The molecule has 2 aromatic heterocycles. The first kappa shape index (κ1) is 18.2. The maximum atomic E-state index is 6.07. The Morgan fingerprint density at radius 3 is 2.10 bits per heavy atom. The Morgan fingerprint density at radius 1 is 0.862 bits per heavy atom. The summed E-state index contributed by atoms with van der Waals surface area (Å²) in [6.07, 6.45) is 4.04. The van der Waals surface area contributed by atoms with Crippen molar-refractivity contribution in [2.24, 2.45) is 0 Å². The summed E-state index contributed by atoms with van der Waals surface area (Å²) in [5, 5.41) is 14.1. The van der Waals surface area contributed by atoms with E-state index >= 15 is 0 Å². The van der Waals surface area contributed by atoms with E-state index in [1.807, 2.05) is 48.5 Å². The fourth-order valence-corrected chi connectivity index (χ4v) is 3.35. The lowest BCUT2D eigenvalue weighted by Gasteiger charge is -2.11. The molecule has 0 saturated heterocycles. The van der Waals surface area contributed by atoms with Crippen molar-refractivity contribution in [2.45, 2.75) is 25.3 Å². The highest BCUT2D eigenvalue weighted by Crippen LogP contribution is 2.37. The van der Waals surface area contributed by atoms with E-state index in [0.29, 0.717) is 22.5 Å². The van der Waals surface area contributed by atoms with Crippen LogP contribution in [-0.4, -0.2) is 30.2 Å². The largest absolute Gasteiger partial charge is 0.252 e. The second-order valence-electron chi connectivity index (χ2n) is 7.02. The zero-order valence-electron chi connectivity index (χ0n) is 15.3. The molecule has 0 unspecified atom stereocenters. The van der Waals surface area contributed by atoms with E-state index < -0.39 is 0 Å². The van der Waals surface area contributed by atoms with E-state index in [1.165, 1.54) is 0 Å². The highest BCUT2D eigenvalue weighted by molar-refractivity contribution is 6.31. The van der Waals surface area contributed by atoms with Crippen molar-refractivity contribution < 1.29 is 0 Å². The average molecular weight is 423 g/mol. The number of hydrogen-bond donors (Lipinski definition) is 0. The lowest BCUT2D eigenvalue weighted by molar-refractivity contribution is 0.561. The normalized spacial score (nSPS) is 13.6. The molecule has 1 saturated carbocycles. The van der Waals surface area contributed by atoms with Crippen molar-refractivity contribution in [3.63, 3.8) is 0 Å². The molecule has 0 N–H and O–H groups in total. The molecule has 0 spiro atoms. The van der Waals surface area contributed by atoms with Crippen molar-refractivity contribution in [3.8, 4) is 22.5 Å². The zero-order valence-corrected chi connectivity index (χ0v) is 16.8. The summed E-state index contributed by atoms with van der Waals surface area (Å²) in [6.45, 7) is 0.411. The second-order valence-corrected chi connectivity index (χ2v) is 7.90. The summed E-state index contributed by atoms with van der Waals surface area (Å²) in [6, 6.07) is 15.1. The summed E-state index contributed by atoms with van der Waals surface area (Å²) in [7, 11) is 0. The third kappa shape index (κ3) is 3.99. The fraction of sp³-hybridized carbons (Fsp3) is 0.190. The van der Waals surface area contributed by atoms with Crippen LogP contribution in [0.3, 0.4) is 0 Å². The van der Waals surface area contributed by atoms with Gasteiger partial charge in [-0.05, 0) is 42.3 Å². The lowest BCUT2D eigenvalue weighted by atomic mass is 10.0. The Labute approximate surface area is 177 Å². The van der Waals surface area contributed by atoms with Gasteiger partial charge in [0.15, 0.2) is 5.82 Å². The third-order valence-electron chi connectivity index (χ3n) is 4.77. The van der Waals surface area contributed by atoms with Crippen LogP contribution in [0.2, 0.25) is 10.0 Å². The highest BCUT2D eigenvalue weighted by atomic mass is 35.5. The molecule has 0 aliphatic heterocycles. The molecule has 144 valence electrons. The Hall–Kier alpha value is -2.83. The Bertz CT molecular complexity index is 1150. The topological polar surface area (TPSA) is 69.4 Å². The Morgan fingerprint density at radius 2 is 1.48 bits per heavy atom. The molecule has 29 heavy (non-hydrogen) atoms. The monoisotopic (exact) mass is 422 g/mol. The molecule has 1 aliphatic carbocycles. The molecule has 2 heterocycles. The third-order valence-corrected chi connectivity index (χ3v) is 5.28. The fourth-order valence-electron chi connectivity index (χ4n) is 3.10. The summed E-state index contributed by atoms with van der Waals surface area (Å²) in [5.74, 6) is 1.28. The number of tetrazole rings is 1. The zero-order chi connectivity index (χ0) is 19.8. The van der Waals surface area contributed by atoms with Crippen LogP contribution >= 0.6 is 23.2 Å². The molecule has 6 nitrogen and oxygen atoms in total. The van der Waals surface area contributed by atoms with E-state index in [0.717, 1.165) is 46.9 Å². The minimum absolute atomic E-state index is 0.411. The molecule has 1 aliphatic rings. The maximum absolute atomic E-state index is 6.07. The Balaban J connectivity index is 1.54. The van der Waals surface area contributed by atoms with Crippen molar-refractivity contribution in [2.75, 3.05) is 0 Å². The molecule has 0 amide bonds. The minimum atomic E-state index is 0.411. The molecule has 8 heteroatoms. The van der Waals surface area contributed by atoms with Crippen LogP contribution in [0.15, 0.2) is 54.7 Å². The number of aromatic nitrogens is 6. The minimum Gasteiger partial charge on any atom is -0.252 e. The average Bonchev–Trinajstić information content (AvgIpc) is 3.49. The smallest absolute Gasteiger partial charge is 0.177 e. The SMILES string of the molecule is Clc1ccc(-c2ncc(Cn3nnc(C4CC4)n3)nc2-c2ccc(Cl)cc2)cc1. The van der Waals surface area contributed by atoms with E-state index in [9.17, 15) is 0 Å². The summed E-state index contributed by atoms with van der Waals surface area (Å²) in [5.41, 5.74) is 4.17. The van der Waals surface area contributed by atoms with E-state index in [2.05, 4.69) is 15.4 Å². The predicted octanol–water partition coefficient (Wildman–Crippen LogP) is 5.03. The van der Waals surface area contributed by atoms with Gasteiger partial charge in [-0.1, -0.05) is 47.5 Å². The quantitative estimate of drug-likeness (QED) is 0.450. The van der Waals surface area contributed by atoms with Gasteiger partial charge < -0.3 is 0 Å². The summed E-state index contributed by atoms with van der Waals surface area (Å²) < 4.78 is 0. The molecule has 5 rings (SSSR count). The molecular formula is C21H16Cl2N6. The molecule has 1 fully saturated rings. The predicted molar refractivity (Wildman–Crippen MR) is 112 cm³/mol. The van der Waals surface area contributed by atoms with Crippen LogP contribution in [0.1, 0.15) is 30.3 Å². The molecule has 0 atom stereocenters. The van der Waals surface area contributed by atoms with Crippen molar-refractivity contribution in [3.05, 3.63) is 76.3 Å². The van der Waals surface area contributed by atoms with Gasteiger partial charge in [-0.3, -0.25) is 4.98 Å². The number of nitrogens with zero attached hydrogens (tertiary/aromatic N) is 6. The first-order chi connectivity index (χ1) is 14.2. The van der Waals surface area contributed by atoms with Crippen molar-refractivity contribution >= 4 is 23.2 Å². The van der Waals surface area contributed by atoms with Crippen LogP contribution in [0.25, 0.3) is 22.5 Å². The highest BCUT2D eigenvalue weighted by Gasteiger charge is 2.28. The standard InChI is InChI=1S/C21H16Cl2N6/c22-16-7-3-13(4-8-16)19-20(14-5-9-17(23)10-6-14)25-18(11-24-19)12-29-27-21(26-28-29)15-1-2-15/h3-11,15H,1-2,12H2. The molecule has 0 radical (unpaired) electrons. The molecule has 4 aromatic rings. The van der Waals surface area contributed by atoms with Crippen molar-refractivity contribution in [1.82, 2.24) is 30.2 Å². The number of benzene rings is 2. The molecule has 0 bridgehead atoms. The van der Waals surface area contributed by atoms with Crippen molar-refractivity contribution in [1.29, 1.82) is 0 Å². The Kier molecular flexibility index (Phi) is 4.73. The second kappa shape index (κ2) is 7.54. The molecule has 2 aromatic carbocycles.